The Labute approximate surface area is 126 Å². The summed E-state index contributed by atoms with van der Waals surface area (Å²) < 4.78 is 0. The van der Waals surface area contributed by atoms with Crippen LogP contribution in [0.2, 0.25) is 0 Å². The van der Waals surface area contributed by atoms with Gasteiger partial charge in [0.1, 0.15) is 0 Å². The number of rotatable bonds is 6. The van der Waals surface area contributed by atoms with Crippen LogP contribution in [0.3, 0.4) is 0 Å². The van der Waals surface area contributed by atoms with Crippen molar-refractivity contribution < 1.29 is 9.59 Å². The number of benzene rings is 1. The zero-order valence-electron chi connectivity index (χ0n) is 12.9. The van der Waals surface area contributed by atoms with E-state index in [1.807, 2.05) is 29.2 Å². The molecule has 0 bridgehead atoms. The number of likely N-dealkylation sites (tertiary alicyclic amines) is 1. The molecule has 0 spiro atoms. The smallest absolute Gasteiger partial charge is 0.224 e. The molecule has 2 amide bonds. The molecule has 0 aliphatic carbocycles. The second-order valence-corrected chi connectivity index (χ2v) is 6.10. The molecule has 1 aromatic carbocycles. The summed E-state index contributed by atoms with van der Waals surface area (Å²) in [5.41, 5.74) is 1.87. The molecule has 1 saturated heterocycles. The van der Waals surface area contributed by atoms with E-state index in [0.29, 0.717) is 25.3 Å². The fourth-order valence-corrected chi connectivity index (χ4v) is 2.48. The second kappa shape index (κ2) is 7.25. The summed E-state index contributed by atoms with van der Waals surface area (Å²) >= 11 is 0. The quantitative estimate of drug-likeness (QED) is 0.874. The van der Waals surface area contributed by atoms with E-state index in [-0.39, 0.29) is 11.8 Å². The molecule has 0 unspecified atom stereocenters. The third-order valence-corrected chi connectivity index (χ3v) is 3.70. The van der Waals surface area contributed by atoms with Crippen molar-refractivity contribution in [2.24, 2.45) is 5.92 Å². The van der Waals surface area contributed by atoms with Crippen molar-refractivity contribution >= 4 is 17.5 Å². The minimum atomic E-state index is 0.0538. The highest BCUT2D eigenvalue weighted by Crippen LogP contribution is 2.17. The van der Waals surface area contributed by atoms with E-state index in [1.165, 1.54) is 0 Å². The van der Waals surface area contributed by atoms with Crippen molar-refractivity contribution in [1.29, 1.82) is 0 Å². The average Bonchev–Trinajstić information content (AvgIpc) is 2.82. The maximum atomic E-state index is 11.8. The average molecular weight is 288 g/mol. The molecule has 0 aromatic heterocycles. The first-order valence-corrected chi connectivity index (χ1v) is 7.71. The summed E-state index contributed by atoms with van der Waals surface area (Å²) in [6.07, 6.45) is 3.05. The van der Waals surface area contributed by atoms with Crippen LogP contribution in [0.4, 0.5) is 5.69 Å². The first kappa shape index (κ1) is 15.5. The number of nitrogens with one attached hydrogen (secondary N) is 1. The first-order chi connectivity index (χ1) is 10.0. The maximum absolute atomic E-state index is 11.8. The number of hydrogen-bond donors (Lipinski definition) is 1. The lowest BCUT2D eigenvalue weighted by atomic mass is 10.1. The molecule has 21 heavy (non-hydrogen) atoms. The molecule has 1 fully saturated rings. The Morgan fingerprint density at radius 2 is 2.19 bits per heavy atom. The van der Waals surface area contributed by atoms with Crippen molar-refractivity contribution in [3.05, 3.63) is 29.8 Å². The van der Waals surface area contributed by atoms with Gasteiger partial charge in [-0.3, -0.25) is 9.59 Å². The molecule has 114 valence electrons. The molecule has 2 rings (SSSR count). The monoisotopic (exact) mass is 288 g/mol. The SMILES string of the molecule is CC(C)CCC(=O)Nc1cccc(CN2CCCC2=O)c1. The van der Waals surface area contributed by atoms with Gasteiger partial charge in [-0.15, -0.1) is 0 Å². The van der Waals surface area contributed by atoms with Crippen LogP contribution < -0.4 is 5.32 Å². The Balaban J connectivity index is 1.91. The van der Waals surface area contributed by atoms with Crippen LogP contribution in [0.25, 0.3) is 0 Å². The summed E-state index contributed by atoms with van der Waals surface area (Å²) in [6, 6.07) is 7.77. The van der Waals surface area contributed by atoms with Crippen molar-refractivity contribution in [2.45, 2.75) is 46.1 Å². The number of hydrogen-bond acceptors (Lipinski definition) is 2. The molecule has 0 radical (unpaired) electrons. The highest BCUT2D eigenvalue weighted by atomic mass is 16.2. The molecule has 1 aromatic rings. The van der Waals surface area contributed by atoms with Gasteiger partial charge in [-0.05, 0) is 36.5 Å². The van der Waals surface area contributed by atoms with Gasteiger partial charge < -0.3 is 10.2 Å². The van der Waals surface area contributed by atoms with Crippen molar-refractivity contribution in [1.82, 2.24) is 4.90 Å². The van der Waals surface area contributed by atoms with E-state index >= 15 is 0 Å². The Bertz CT molecular complexity index is 511. The van der Waals surface area contributed by atoms with E-state index < -0.39 is 0 Å². The number of carbonyl (C=O) groups is 2. The molecular weight excluding hydrogens is 264 g/mol. The summed E-state index contributed by atoms with van der Waals surface area (Å²) in [6.45, 7) is 5.69. The fourth-order valence-electron chi connectivity index (χ4n) is 2.48. The Hall–Kier alpha value is -1.84. The van der Waals surface area contributed by atoms with Crippen LogP contribution >= 0.6 is 0 Å². The van der Waals surface area contributed by atoms with Crippen LogP contribution in [0, 0.1) is 5.92 Å². The molecule has 1 heterocycles. The molecule has 0 atom stereocenters. The van der Waals surface area contributed by atoms with Gasteiger partial charge in [-0.2, -0.15) is 0 Å². The predicted octanol–water partition coefficient (Wildman–Crippen LogP) is 3.18. The summed E-state index contributed by atoms with van der Waals surface area (Å²) in [5.74, 6) is 0.808. The van der Waals surface area contributed by atoms with Gasteiger partial charge in [0, 0.05) is 31.6 Å². The van der Waals surface area contributed by atoms with Gasteiger partial charge in [0.2, 0.25) is 11.8 Å². The second-order valence-electron chi connectivity index (χ2n) is 6.10. The third kappa shape index (κ3) is 4.88. The Kier molecular flexibility index (Phi) is 5.37. The normalized spacial score (nSPS) is 14.8. The first-order valence-electron chi connectivity index (χ1n) is 7.71. The summed E-state index contributed by atoms with van der Waals surface area (Å²) in [5, 5.41) is 2.93. The zero-order chi connectivity index (χ0) is 15.2. The minimum absolute atomic E-state index is 0.0538. The number of carbonyl (C=O) groups excluding carboxylic acids is 2. The topological polar surface area (TPSA) is 49.4 Å². The van der Waals surface area contributed by atoms with Gasteiger partial charge in [0.15, 0.2) is 0 Å². The van der Waals surface area contributed by atoms with E-state index in [9.17, 15) is 9.59 Å². The largest absolute Gasteiger partial charge is 0.338 e. The van der Waals surface area contributed by atoms with E-state index in [1.54, 1.807) is 0 Å². The molecule has 4 heteroatoms. The highest BCUT2D eigenvalue weighted by Gasteiger charge is 2.19. The third-order valence-electron chi connectivity index (χ3n) is 3.70. The Morgan fingerprint density at radius 1 is 1.38 bits per heavy atom. The van der Waals surface area contributed by atoms with E-state index in [2.05, 4.69) is 19.2 Å². The van der Waals surface area contributed by atoms with Crippen LogP contribution in [0.15, 0.2) is 24.3 Å². The van der Waals surface area contributed by atoms with Crippen LogP contribution in [-0.2, 0) is 16.1 Å². The highest BCUT2D eigenvalue weighted by molar-refractivity contribution is 5.90. The van der Waals surface area contributed by atoms with Crippen LogP contribution in [0.1, 0.15) is 45.1 Å². The van der Waals surface area contributed by atoms with Gasteiger partial charge >= 0.3 is 0 Å². The fraction of sp³-hybridized carbons (Fsp3) is 0.529. The van der Waals surface area contributed by atoms with Crippen molar-refractivity contribution in [2.75, 3.05) is 11.9 Å². The van der Waals surface area contributed by atoms with Crippen molar-refractivity contribution in [3.63, 3.8) is 0 Å². The molecule has 1 aliphatic heterocycles. The molecular formula is C17H24N2O2. The summed E-state index contributed by atoms with van der Waals surface area (Å²) in [4.78, 5) is 25.4. The number of nitrogens with zero attached hydrogens (tertiary/aromatic N) is 1. The number of anilines is 1. The summed E-state index contributed by atoms with van der Waals surface area (Å²) in [7, 11) is 0. The van der Waals surface area contributed by atoms with Gasteiger partial charge in [0.25, 0.3) is 0 Å². The minimum Gasteiger partial charge on any atom is -0.338 e. The van der Waals surface area contributed by atoms with Crippen LogP contribution in [-0.4, -0.2) is 23.3 Å². The predicted molar refractivity (Wildman–Crippen MR) is 83.8 cm³/mol. The number of amides is 2. The van der Waals surface area contributed by atoms with E-state index in [4.69, 9.17) is 0 Å². The lowest BCUT2D eigenvalue weighted by Gasteiger charge is -2.16. The van der Waals surface area contributed by atoms with Gasteiger partial charge in [0.05, 0.1) is 0 Å². The lowest BCUT2D eigenvalue weighted by molar-refractivity contribution is -0.128. The zero-order valence-corrected chi connectivity index (χ0v) is 12.9. The Morgan fingerprint density at radius 3 is 2.86 bits per heavy atom. The molecule has 1 aliphatic rings. The standard InChI is InChI=1S/C17H24N2O2/c1-13(2)8-9-16(20)18-15-6-3-5-14(11-15)12-19-10-4-7-17(19)21/h3,5-6,11,13H,4,7-10,12H2,1-2H3,(H,18,20). The molecule has 0 saturated carbocycles. The van der Waals surface area contributed by atoms with Gasteiger partial charge in [-0.1, -0.05) is 26.0 Å². The lowest BCUT2D eigenvalue weighted by Crippen LogP contribution is -2.23. The molecule has 4 nitrogen and oxygen atoms in total. The maximum Gasteiger partial charge on any atom is 0.224 e. The van der Waals surface area contributed by atoms with Crippen molar-refractivity contribution in [3.8, 4) is 0 Å². The van der Waals surface area contributed by atoms with Gasteiger partial charge in [-0.25, -0.2) is 0 Å². The molecule has 1 N–H and O–H groups in total. The van der Waals surface area contributed by atoms with Crippen LogP contribution in [0.5, 0.6) is 0 Å². The van der Waals surface area contributed by atoms with E-state index in [0.717, 1.165) is 30.6 Å².